The number of H-pyrrole nitrogens is 1. The van der Waals surface area contributed by atoms with Gasteiger partial charge in [0, 0.05) is 12.3 Å². The number of aromatic nitrogens is 2. The van der Waals surface area contributed by atoms with Gasteiger partial charge in [0.05, 0.1) is 35.0 Å². The van der Waals surface area contributed by atoms with Gasteiger partial charge in [0.25, 0.3) is 5.56 Å². The quantitative estimate of drug-likeness (QED) is 0.113. The van der Waals surface area contributed by atoms with E-state index in [4.69, 9.17) is 37.3 Å². The lowest BCUT2D eigenvalue weighted by Crippen LogP contribution is -2.63. The van der Waals surface area contributed by atoms with Crippen LogP contribution in [0.2, 0.25) is 0 Å². The number of benzene rings is 4. The summed E-state index contributed by atoms with van der Waals surface area (Å²) < 4.78 is 74.3. The van der Waals surface area contributed by atoms with E-state index in [0.717, 1.165) is 10.6 Å². The van der Waals surface area contributed by atoms with Crippen LogP contribution in [-0.2, 0) is 47.6 Å². The molecule has 20 nitrogen and oxygen atoms in total. The number of hydrogen-bond acceptors (Lipinski definition) is 17. The number of rotatable bonds is 15. The van der Waals surface area contributed by atoms with Crippen LogP contribution >= 0.6 is 0 Å². The van der Waals surface area contributed by atoms with Crippen molar-refractivity contribution in [3.05, 3.63) is 177 Å². The van der Waals surface area contributed by atoms with Gasteiger partial charge in [-0.15, -0.1) is 0 Å². The zero-order valence-electron chi connectivity index (χ0n) is 33.9. The molecule has 0 spiro atoms. The van der Waals surface area contributed by atoms with Crippen LogP contribution in [0, 0.1) is 0 Å². The van der Waals surface area contributed by atoms with Crippen LogP contribution in [0.5, 0.6) is 0 Å². The van der Waals surface area contributed by atoms with E-state index in [9.17, 15) is 42.0 Å². The van der Waals surface area contributed by atoms with Gasteiger partial charge in [-0.3, -0.25) is 18.5 Å². The highest BCUT2D eigenvalue weighted by atomic mass is 32.2. The molecule has 5 aromatic rings. The Hall–Kier alpha value is -7.46. The topological polar surface area (TPSA) is 260 Å². The predicted molar refractivity (Wildman–Crippen MR) is 221 cm³/mol. The Kier molecular flexibility index (Phi) is 14.6. The Morgan fingerprint density at radius 2 is 1.09 bits per heavy atom. The number of hydrogen-bond donors (Lipinski definition) is 2. The van der Waals surface area contributed by atoms with Crippen molar-refractivity contribution in [2.45, 2.75) is 55.9 Å². The first-order chi connectivity index (χ1) is 31.3. The maximum atomic E-state index is 13.8. The second-order valence-electron chi connectivity index (χ2n) is 14.3. The van der Waals surface area contributed by atoms with Gasteiger partial charge in [0.15, 0.2) is 12.2 Å². The van der Waals surface area contributed by atoms with Gasteiger partial charge in [-0.2, -0.15) is 13.1 Å². The third-order valence-electron chi connectivity index (χ3n) is 9.82. The van der Waals surface area contributed by atoms with Crippen molar-refractivity contribution in [2.75, 3.05) is 13.2 Å². The number of amides is 1. The monoisotopic (exact) mass is 913 g/mol. The maximum Gasteiger partial charge on any atom is 0.425 e. The van der Waals surface area contributed by atoms with E-state index in [1.54, 1.807) is 53.3 Å². The lowest BCUT2D eigenvalue weighted by Gasteiger charge is -2.43. The highest BCUT2D eigenvalue weighted by molar-refractivity contribution is 7.85. The van der Waals surface area contributed by atoms with E-state index in [-0.39, 0.29) is 35.1 Å². The Balaban J connectivity index is 1.17. The number of nitrogens with zero attached hydrogens (tertiary/aromatic N) is 1. The highest BCUT2D eigenvalue weighted by Crippen LogP contribution is 2.32. The molecule has 7 rings (SSSR count). The van der Waals surface area contributed by atoms with E-state index in [0.29, 0.717) is 0 Å². The zero-order chi connectivity index (χ0) is 45.9. The molecule has 4 aromatic carbocycles. The SMILES string of the molecule is O=C(NS(=O)(=O)OC[C@@H]1CC[C@H](n2ccc(=O)[nH]c2=O)O1)O[C@H]1O[C@H](COC(=O)c2ccccc2)[C@@H](OC(=O)c2ccccc2)[C@H](OC(=O)c2ccccc2)[C@H]1OC(=O)c1ccccc1. The molecule has 2 saturated heterocycles. The van der Waals surface area contributed by atoms with Crippen molar-refractivity contribution in [3.63, 3.8) is 0 Å². The second kappa shape index (κ2) is 20.8. The first-order valence-corrected chi connectivity index (χ1v) is 21.2. The molecule has 0 aliphatic carbocycles. The lowest BCUT2D eigenvalue weighted by atomic mass is 9.97. The number of esters is 4. The molecule has 338 valence electrons. The van der Waals surface area contributed by atoms with Crippen molar-refractivity contribution in [2.24, 2.45) is 0 Å². The minimum absolute atomic E-state index is 0.00547. The molecule has 2 aliphatic heterocycles. The molecule has 21 heteroatoms. The van der Waals surface area contributed by atoms with Crippen molar-refractivity contribution < 1.29 is 69.7 Å². The smallest absolute Gasteiger partial charge is 0.425 e. The molecular formula is C44H39N3O17S. The summed E-state index contributed by atoms with van der Waals surface area (Å²) in [5.41, 5.74) is -1.25. The highest BCUT2D eigenvalue weighted by Gasteiger charge is 2.55. The fourth-order valence-electron chi connectivity index (χ4n) is 6.72. The first kappa shape index (κ1) is 45.6. The first-order valence-electron chi connectivity index (χ1n) is 19.8. The van der Waals surface area contributed by atoms with Gasteiger partial charge >= 0.3 is 46.0 Å². The second-order valence-corrected chi connectivity index (χ2v) is 15.6. The normalized spacial score (nSPS) is 21.6. The van der Waals surface area contributed by atoms with Crippen molar-refractivity contribution in [3.8, 4) is 0 Å². The fourth-order valence-corrected chi connectivity index (χ4v) is 7.36. The average molecular weight is 914 g/mol. The summed E-state index contributed by atoms with van der Waals surface area (Å²) in [4.78, 5) is 93.7. The van der Waals surface area contributed by atoms with Crippen LogP contribution in [0.4, 0.5) is 4.79 Å². The van der Waals surface area contributed by atoms with Crippen LogP contribution in [0.25, 0.3) is 0 Å². The van der Waals surface area contributed by atoms with Crippen LogP contribution in [-0.4, -0.2) is 98.0 Å². The van der Waals surface area contributed by atoms with Gasteiger partial charge < -0.3 is 33.2 Å². The minimum Gasteiger partial charge on any atom is -0.459 e. The van der Waals surface area contributed by atoms with Crippen LogP contribution in [0.1, 0.15) is 60.5 Å². The minimum atomic E-state index is -5.00. The van der Waals surface area contributed by atoms with Gasteiger partial charge in [-0.05, 0) is 61.4 Å². The zero-order valence-corrected chi connectivity index (χ0v) is 34.7. The molecule has 65 heavy (non-hydrogen) atoms. The molecular weight excluding hydrogens is 875 g/mol. The summed E-state index contributed by atoms with van der Waals surface area (Å²) >= 11 is 0. The number of aromatic amines is 1. The number of carbonyl (C=O) groups is 5. The number of nitrogens with one attached hydrogen (secondary N) is 2. The van der Waals surface area contributed by atoms with Gasteiger partial charge in [0.1, 0.15) is 18.9 Å². The maximum absolute atomic E-state index is 13.8. The largest absolute Gasteiger partial charge is 0.459 e. The van der Waals surface area contributed by atoms with E-state index in [1.165, 1.54) is 79.0 Å². The fraction of sp³-hybridized carbons (Fsp3) is 0.250. The van der Waals surface area contributed by atoms with Gasteiger partial charge in [0.2, 0.25) is 12.4 Å². The standard InChI is InChI=1S/C44H39N3O17S/c48-33-23-24-47(43(53)45-33)34-22-21-31(59-34)25-58-65(55,56)46-44(54)64-42-37(63-41(52)30-19-11-4-12-20-30)36(62-40(51)29-17-9-3-10-18-29)35(61-39(50)28-15-7-2-8-16-28)32(60-42)26-57-38(49)27-13-5-1-6-14-27/h1-20,23-24,31-32,34-37,42H,21-22,25-26H2,(H,46,54)(H,45,48,53)/t31-,32+,34+,35+,36-,37+,42+/m0/s1. The molecule has 0 saturated carbocycles. The predicted octanol–water partition coefficient (Wildman–Crippen LogP) is 3.46. The van der Waals surface area contributed by atoms with E-state index in [2.05, 4.69) is 4.98 Å². The molecule has 2 aliphatic rings. The third-order valence-corrected chi connectivity index (χ3v) is 10.7. The molecule has 0 unspecified atom stereocenters. The van der Waals surface area contributed by atoms with Crippen LogP contribution < -0.4 is 16.0 Å². The molecule has 2 N–H and O–H groups in total. The summed E-state index contributed by atoms with van der Waals surface area (Å²) in [5, 5.41) is 0. The summed E-state index contributed by atoms with van der Waals surface area (Å²) in [5.74, 6) is -3.93. The molecule has 2 fully saturated rings. The Labute approximate surface area is 369 Å². The lowest BCUT2D eigenvalue weighted by molar-refractivity contribution is -0.282. The molecule has 7 atom stereocenters. The van der Waals surface area contributed by atoms with E-state index in [1.807, 2.05) is 0 Å². The van der Waals surface area contributed by atoms with Gasteiger partial charge in [-0.1, -0.05) is 72.8 Å². The number of ether oxygens (including phenoxy) is 7. The summed E-state index contributed by atoms with van der Waals surface area (Å²) in [6.45, 7) is -1.38. The van der Waals surface area contributed by atoms with Crippen molar-refractivity contribution in [1.82, 2.24) is 14.3 Å². The molecule has 1 amide bonds. The molecule has 0 radical (unpaired) electrons. The van der Waals surface area contributed by atoms with Crippen LogP contribution in [0.3, 0.4) is 0 Å². The molecule has 1 aromatic heterocycles. The van der Waals surface area contributed by atoms with Crippen molar-refractivity contribution in [1.29, 1.82) is 0 Å². The van der Waals surface area contributed by atoms with E-state index < -0.39 is 108 Å². The molecule has 0 bridgehead atoms. The van der Waals surface area contributed by atoms with Crippen LogP contribution in [0.15, 0.2) is 143 Å². The third kappa shape index (κ3) is 12.0. The Morgan fingerprint density at radius 1 is 0.600 bits per heavy atom. The summed E-state index contributed by atoms with van der Waals surface area (Å²) in [6, 6.07) is 31.4. The summed E-state index contributed by atoms with van der Waals surface area (Å²) in [7, 11) is -5.00. The Morgan fingerprint density at radius 3 is 1.62 bits per heavy atom. The van der Waals surface area contributed by atoms with E-state index >= 15 is 0 Å². The average Bonchev–Trinajstić information content (AvgIpc) is 3.79. The summed E-state index contributed by atoms with van der Waals surface area (Å²) in [6.07, 6.45) is -11.3. The van der Waals surface area contributed by atoms with Crippen molar-refractivity contribution >= 4 is 40.3 Å². The molecule has 3 heterocycles. The van der Waals surface area contributed by atoms with Gasteiger partial charge in [-0.25, -0.2) is 28.8 Å². The number of carbonyl (C=O) groups excluding carboxylic acids is 5. The Bertz CT molecular complexity index is 2700.